The molecule has 3 rings (SSSR count). The third-order valence-electron chi connectivity index (χ3n) is 6.84. The van der Waals surface area contributed by atoms with Crippen LogP contribution in [-0.4, -0.2) is 49.2 Å². The van der Waals surface area contributed by atoms with Gasteiger partial charge in [-0.15, -0.1) is 0 Å². The van der Waals surface area contributed by atoms with Crippen molar-refractivity contribution in [3.63, 3.8) is 0 Å². The van der Waals surface area contributed by atoms with Gasteiger partial charge in [0.05, 0.1) is 11.4 Å². The van der Waals surface area contributed by atoms with Crippen LogP contribution in [0.3, 0.4) is 0 Å². The van der Waals surface area contributed by atoms with Crippen LogP contribution >= 0.6 is 0 Å². The van der Waals surface area contributed by atoms with Crippen molar-refractivity contribution in [1.82, 2.24) is 14.9 Å². The first-order chi connectivity index (χ1) is 12.9. The molecule has 0 spiro atoms. The summed E-state index contributed by atoms with van der Waals surface area (Å²) in [4.78, 5) is 12.8. The van der Waals surface area contributed by atoms with Gasteiger partial charge in [0.25, 0.3) is 0 Å². The number of hydrogen-bond acceptors (Lipinski definition) is 4. The van der Waals surface area contributed by atoms with Crippen LogP contribution in [0.25, 0.3) is 0 Å². The topological polar surface area (TPSA) is 78.5 Å². The van der Waals surface area contributed by atoms with Gasteiger partial charge in [0.2, 0.25) is 15.9 Å². The maximum atomic E-state index is 13.2. The van der Waals surface area contributed by atoms with Crippen molar-refractivity contribution in [1.29, 1.82) is 0 Å². The van der Waals surface area contributed by atoms with E-state index in [0.717, 1.165) is 57.8 Å². The molecule has 156 valence electrons. The van der Waals surface area contributed by atoms with Crippen molar-refractivity contribution in [2.45, 2.75) is 107 Å². The molecule has 2 aliphatic carbocycles. The van der Waals surface area contributed by atoms with Crippen LogP contribution in [0, 0.1) is 5.92 Å². The Kier molecular flexibility index (Phi) is 7.20. The van der Waals surface area contributed by atoms with Gasteiger partial charge < -0.3 is 5.32 Å². The van der Waals surface area contributed by atoms with E-state index in [-0.39, 0.29) is 24.0 Å². The summed E-state index contributed by atoms with van der Waals surface area (Å²) < 4.78 is 28.0. The number of piperidine rings is 1. The lowest BCUT2D eigenvalue weighted by atomic mass is 9.88. The number of amides is 1. The molecule has 6 nitrogen and oxygen atoms in total. The first-order valence-electron chi connectivity index (χ1n) is 10.9. The van der Waals surface area contributed by atoms with E-state index in [1.165, 1.54) is 6.42 Å². The Morgan fingerprint density at radius 3 is 2.37 bits per heavy atom. The molecule has 2 saturated carbocycles. The lowest BCUT2D eigenvalue weighted by Crippen LogP contribution is -2.53. The van der Waals surface area contributed by atoms with Crippen molar-refractivity contribution in [2.24, 2.45) is 5.92 Å². The molecular formula is C20H37N3O3S. The van der Waals surface area contributed by atoms with E-state index in [9.17, 15) is 13.2 Å². The van der Waals surface area contributed by atoms with Gasteiger partial charge in [0.1, 0.15) is 0 Å². The Bertz CT molecular complexity index is 604. The summed E-state index contributed by atoms with van der Waals surface area (Å²) >= 11 is 0. The smallest absolute Gasteiger partial charge is 0.224 e. The van der Waals surface area contributed by atoms with E-state index in [2.05, 4.69) is 17.6 Å². The average molecular weight is 400 g/mol. The second-order valence-corrected chi connectivity index (χ2v) is 11.2. The second kappa shape index (κ2) is 9.23. The predicted molar refractivity (Wildman–Crippen MR) is 108 cm³/mol. The van der Waals surface area contributed by atoms with Gasteiger partial charge in [-0.1, -0.05) is 25.7 Å². The Hall–Kier alpha value is -0.660. The summed E-state index contributed by atoms with van der Waals surface area (Å²) in [5, 5.41) is 6.15. The molecule has 1 saturated heterocycles. The van der Waals surface area contributed by atoms with Gasteiger partial charge in [-0.25, -0.2) is 12.7 Å². The first-order valence-corrected chi connectivity index (χ1v) is 12.4. The largest absolute Gasteiger partial charge is 0.341 e. The maximum Gasteiger partial charge on any atom is 0.224 e. The zero-order valence-corrected chi connectivity index (χ0v) is 17.8. The van der Waals surface area contributed by atoms with Gasteiger partial charge >= 0.3 is 0 Å². The molecule has 4 atom stereocenters. The first kappa shape index (κ1) is 21.1. The van der Waals surface area contributed by atoms with Crippen LogP contribution in [0.2, 0.25) is 0 Å². The Morgan fingerprint density at radius 1 is 0.963 bits per heavy atom. The van der Waals surface area contributed by atoms with Crippen molar-refractivity contribution >= 4 is 15.9 Å². The Labute approximate surface area is 164 Å². The molecular weight excluding hydrogens is 362 g/mol. The summed E-state index contributed by atoms with van der Waals surface area (Å²) in [5.41, 5.74) is 0. The van der Waals surface area contributed by atoms with Crippen molar-refractivity contribution in [3.05, 3.63) is 0 Å². The number of rotatable bonds is 5. The zero-order valence-electron chi connectivity index (χ0n) is 17.0. The molecule has 3 fully saturated rings. The molecule has 0 aromatic rings. The lowest BCUT2D eigenvalue weighted by Gasteiger charge is -2.36. The number of carbonyl (C=O) groups is 1. The van der Waals surface area contributed by atoms with E-state index < -0.39 is 15.3 Å². The van der Waals surface area contributed by atoms with Gasteiger partial charge in [-0.05, 0) is 58.3 Å². The number of nitrogens with one attached hydrogen (secondary N) is 2. The highest BCUT2D eigenvalue weighted by molar-refractivity contribution is 7.89. The Morgan fingerprint density at radius 2 is 1.67 bits per heavy atom. The van der Waals surface area contributed by atoms with Gasteiger partial charge in [-0.2, -0.15) is 0 Å². The predicted octanol–water partition coefficient (Wildman–Crippen LogP) is 2.74. The van der Waals surface area contributed by atoms with Crippen molar-refractivity contribution in [2.75, 3.05) is 7.05 Å². The molecule has 0 radical (unpaired) electrons. The Balaban J connectivity index is 1.58. The summed E-state index contributed by atoms with van der Waals surface area (Å²) in [6, 6.07) is 0.568. The van der Waals surface area contributed by atoms with E-state index in [0.29, 0.717) is 18.9 Å². The molecule has 0 aromatic heterocycles. The average Bonchev–Trinajstić information content (AvgIpc) is 2.68. The molecule has 1 amide bonds. The van der Waals surface area contributed by atoms with Gasteiger partial charge in [0.15, 0.2) is 0 Å². The standard InChI is InChI=1S/C20H37N3O3S/c1-15-8-6-13-19(21-15)22-20(24)16-9-7-12-18(14-16)27(25,26)23(2)17-10-4-3-5-11-17/h15-19,21H,3-14H2,1-2H3,(H,22,24). The number of carbonyl (C=O) groups excluding carboxylic acids is 1. The molecule has 27 heavy (non-hydrogen) atoms. The van der Waals surface area contributed by atoms with Crippen LogP contribution in [-0.2, 0) is 14.8 Å². The van der Waals surface area contributed by atoms with Crippen LogP contribution in [0.5, 0.6) is 0 Å². The van der Waals surface area contributed by atoms with Crippen LogP contribution < -0.4 is 10.6 Å². The summed E-state index contributed by atoms with van der Waals surface area (Å²) in [6.07, 6.45) is 11.4. The third-order valence-corrected chi connectivity index (χ3v) is 9.21. The molecule has 2 N–H and O–H groups in total. The van der Waals surface area contributed by atoms with Gasteiger partial charge in [0, 0.05) is 25.0 Å². The number of nitrogens with zero attached hydrogens (tertiary/aromatic N) is 1. The summed E-state index contributed by atoms with van der Waals surface area (Å²) in [7, 11) is -1.58. The minimum Gasteiger partial charge on any atom is -0.341 e. The number of sulfonamides is 1. The quantitative estimate of drug-likeness (QED) is 0.745. The summed E-state index contributed by atoms with van der Waals surface area (Å²) in [5.74, 6) is -0.154. The normalized spacial score (nSPS) is 33.7. The van der Waals surface area contributed by atoms with E-state index >= 15 is 0 Å². The third kappa shape index (κ3) is 5.24. The highest BCUT2D eigenvalue weighted by Gasteiger charge is 2.39. The van der Waals surface area contributed by atoms with Crippen LogP contribution in [0.15, 0.2) is 0 Å². The highest BCUT2D eigenvalue weighted by Crippen LogP contribution is 2.33. The molecule has 4 unspecified atom stereocenters. The van der Waals surface area contributed by atoms with E-state index in [4.69, 9.17) is 0 Å². The molecule has 3 aliphatic rings. The minimum absolute atomic E-state index is 0.0295. The van der Waals surface area contributed by atoms with Gasteiger partial charge in [-0.3, -0.25) is 10.1 Å². The number of hydrogen-bond donors (Lipinski definition) is 2. The zero-order chi connectivity index (χ0) is 19.4. The van der Waals surface area contributed by atoms with E-state index in [1.807, 2.05) is 0 Å². The fraction of sp³-hybridized carbons (Fsp3) is 0.950. The SMILES string of the molecule is CC1CCCC(NC(=O)C2CCCC(S(=O)(=O)N(C)C3CCCCC3)C2)N1. The molecule has 0 aromatic carbocycles. The maximum absolute atomic E-state index is 13.2. The van der Waals surface area contributed by atoms with Crippen LogP contribution in [0.4, 0.5) is 0 Å². The molecule has 1 heterocycles. The van der Waals surface area contributed by atoms with Crippen LogP contribution in [0.1, 0.15) is 84.0 Å². The molecule has 7 heteroatoms. The molecule has 0 bridgehead atoms. The minimum atomic E-state index is -3.33. The van der Waals surface area contributed by atoms with Crippen molar-refractivity contribution in [3.8, 4) is 0 Å². The van der Waals surface area contributed by atoms with E-state index in [1.54, 1.807) is 11.4 Å². The lowest BCUT2D eigenvalue weighted by molar-refractivity contribution is -0.127. The monoisotopic (exact) mass is 399 g/mol. The fourth-order valence-electron chi connectivity index (χ4n) is 5.08. The van der Waals surface area contributed by atoms with Crippen molar-refractivity contribution < 1.29 is 13.2 Å². The highest BCUT2D eigenvalue weighted by atomic mass is 32.2. The second-order valence-electron chi connectivity index (χ2n) is 8.90. The fourth-order valence-corrected chi connectivity index (χ4v) is 7.12. The molecule has 1 aliphatic heterocycles. The summed E-state index contributed by atoms with van der Waals surface area (Å²) in [6.45, 7) is 2.14.